The minimum absolute atomic E-state index is 0.0583. The number of benzene rings is 2. The van der Waals surface area contributed by atoms with Crippen LogP contribution in [0.25, 0.3) is 0 Å². The van der Waals surface area contributed by atoms with Crippen molar-refractivity contribution in [2.24, 2.45) is 0 Å². The van der Waals surface area contributed by atoms with Crippen LogP contribution in [0.2, 0.25) is 10.0 Å². The highest BCUT2D eigenvalue weighted by Gasteiger charge is 2.26. The lowest BCUT2D eigenvalue weighted by Gasteiger charge is -2.29. The maximum atomic E-state index is 13.1. The second-order valence-electron chi connectivity index (χ2n) is 7.69. The Bertz CT molecular complexity index is 869. The molecule has 168 valence electrons. The van der Waals surface area contributed by atoms with E-state index in [9.17, 15) is 9.59 Å². The van der Waals surface area contributed by atoms with Crippen molar-refractivity contribution < 1.29 is 9.59 Å². The average molecular weight is 481 g/mol. The minimum Gasteiger partial charge on any atom is -0.352 e. The van der Waals surface area contributed by atoms with Crippen molar-refractivity contribution in [3.63, 3.8) is 0 Å². The third-order valence-corrected chi connectivity index (χ3v) is 6.83. The summed E-state index contributed by atoms with van der Waals surface area (Å²) in [5, 5.41) is 4.16. The van der Waals surface area contributed by atoms with Crippen LogP contribution in [-0.4, -0.2) is 34.6 Å². The quantitative estimate of drug-likeness (QED) is 0.462. The second kappa shape index (κ2) is 12.4. The SMILES string of the molecule is CC[C@@H](C)NC(=O)[C@@H](C)N(Cc1ccc(C)cc1)C(=O)CSCc1c(Cl)cccc1Cl. The molecule has 0 heterocycles. The number of aryl methyl sites for hydroxylation is 1. The molecule has 2 rings (SSSR count). The Kier molecular flexibility index (Phi) is 10.2. The van der Waals surface area contributed by atoms with Gasteiger partial charge in [0.05, 0.1) is 5.75 Å². The Balaban J connectivity index is 2.11. The van der Waals surface area contributed by atoms with Gasteiger partial charge in [0.15, 0.2) is 0 Å². The number of nitrogens with zero attached hydrogens (tertiary/aromatic N) is 1. The van der Waals surface area contributed by atoms with Gasteiger partial charge in [-0.15, -0.1) is 11.8 Å². The zero-order chi connectivity index (χ0) is 23.0. The van der Waals surface area contributed by atoms with Crippen molar-refractivity contribution in [3.8, 4) is 0 Å². The van der Waals surface area contributed by atoms with Gasteiger partial charge in [-0.3, -0.25) is 9.59 Å². The Morgan fingerprint density at radius 2 is 1.68 bits per heavy atom. The number of nitrogens with one attached hydrogen (secondary N) is 1. The van der Waals surface area contributed by atoms with Gasteiger partial charge >= 0.3 is 0 Å². The van der Waals surface area contributed by atoms with Gasteiger partial charge < -0.3 is 10.2 Å². The molecule has 0 aromatic heterocycles. The molecule has 4 nitrogen and oxygen atoms in total. The summed E-state index contributed by atoms with van der Waals surface area (Å²) in [7, 11) is 0. The summed E-state index contributed by atoms with van der Waals surface area (Å²) < 4.78 is 0. The molecular weight excluding hydrogens is 451 g/mol. The summed E-state index contributed by atoms with van der Waals surface area (Å²) in [6.45, 7) is 8.15. The van der Waals surface area contributed by atoms with E-state index in [1.807, 2.05) is 45.0 Å². The van der Waals surface area contributed by atoms with E-state index in [1.165, 1.54) is 11.8 Å². The predicted octanol–water partition coefficient (Wildman–Crippen LogP) is 5.87. The molecule has 2 atom stereocenters. The van der Waals surface area contributed by atoms with Gasteiger partial charge in [-0.2, -0.15) is 0 Å². The monoisotopic (exact) mass is 480 g/mol. The van der Waals surface area contributed by atoms with E-state index in [0.717, 1.165) is 23.1 Å². The molecule has 0 radical (unpaired) electrons. The van der Waals surface area contributed by atoms with Crippen molar-refractivity contribution >= 4 is 46.8 Å². The Hall–Kier alpha value is -1.69. The Morgan fingerprint density at radius 3 is 2.26 bits per heavy atom. The first kappa shape index (κ1) is 25.6. The van der Waals surface area contributed by atoms with Crippen molar-refractivity contribution in [3.05, 3.63) is 69.2 Å². The molecule has 0 aliphatic carbocycles. The highest BCUT2D eigenvalue weighted by molar-refractivity contribution is 7.99. The van der Waals surface area contributed by atoms with E-state index in [2.05, 4.69) is 5.32 Å². The first-order valence-corrected chi connectivity index (χ1v) is 12.3. The lowest BCUT2D eigenvalue weighted by atomic mass is 10.1. The minimum atomic E-state index is -0.577. The molecule has 0 aliphatic heterocycles. The molecule has 2 aromatic rings. The van der Waals surface area contributed by atoms with E-state index in [1.54, 1.807) is 30.0 Å². The van der Waals surface area contributed by atoms with Crippen LogP contribution in [0.5, 0.6) is 0 Å². The molecule has 0 saturated heterocycles. The molecule has 0 fully saturated rings. The number of hydrogen-bond donors (Lipinski definition) is 1. The fourth-order valence-corrected chi connectivity index (χ4v) is 4.58. The molecule has 0 saturated carbocycles. The van der Waals surface area contributed by atoms with Crippen molar-refractivity contribution in [2.75, 3.05) is 5.75 Å². The molecule has 0 unspecified atom stereocenters. The molecule has 0 aliphatic rings. The smallest absolute Gasteiger partial charge is 0.242 e. The van der Waals surface area contributed by atoms with Crippen LogP contribution in [0.4, 0.5) is 0 Å². The molecule has 1 N–H and O–H groups in total. The standard InChI is InChI=1S/C24H30Cl2N2O2S/c1-5-17(3)27-24(30)18(4)28(13-19-11-9-16(2)10-12-19)23(29)15-31-14-20-21(25)7-6-8-22(20)26/h6-12,17-18H,5,13-15H2,1-4H3,(H,27,30)/t17-,18-/m1/s1. The number of hydrogen-bond acceptors (Lipinski definition) is 3. The predicted molar refractivity (Wildman–Crippen MR) is 132 cm³/mol. The van der Waals surface area contributed by atoms with Crippen LogP contribution in [0.3, 0.4) is 0 Å². The molecule has 7 heteroatoms. The largest absolute Gasteiger partial charge is 0.352 e. The van der Waals surface area contributed by atoms with E-state index in [0.29, 0.717) is 22.3 Å². The van der Waals surface area contributed by atoms with Gasteiger partial charge in [-0.25, -0.2) is 0 Å². The highest BCUT2D eigenvalue weighted by Crippen LogP contribution is 2.28. The summed E-state index contributed by atoms with van der Waals surface area (Å²) in [5.74, 6) is 0.513. The second-order valence-corrected chi connectivity index (χ2v) is 9.49. The Labute approximate surface area is 199 Å². The van der Waals surface area contributed by atoms with Crippen LogP contribution in [-0.2, 0) is 21.9 Å². The van der Waals surface area contributed by atoms with E-state index in [4.69, 9.17) is 23.2 Å². The number of halogens is 2. The van der Waals surface area contributed by atoms with Gasteiger partial charge in [0.1, 0.15) is 6.04 Å². The fraction of sp³-hybridized carbons (Fsp3) is 0.417. The molecular formula is C24H30Cl2N2O2S. The topological polar surface area (TPSA) is 49.4 Å². The molecule has 31 heavy (non-hydrogen) atoms. The van der Waals surface area contributed by atoms with Gasteiger partial charge in [-0.05, 0) is 50.5 Å². The Morgan fingerprint density at radius 1 is 1.06 bits per heavy atom. The van der Waals surface area contributed by atoms with Crippen molar-refractivity contribution in [1.29, 1.82) is 0 Å². The van der Waals surface area contributed by atoms with E-state index < -0.39 is 6.04 Å². The summed E-state index contributed by atoms with van der Waals surface area (Å²) in [4.78, 5) is 27.5. The third-order valence-electron chi connectivity index (χ3n) is 5.18. The zero-order valence-corrected chi connectivity index (χ0v) is 20.8. The highest BCUT2D eigenvalue weighted by atomic mass is 35.5. The number of thioether (sulfide) groups is 1. The summed E-state index contributed by atoms with van der Waals surface area (Å²) in [5.41, 5.74) is 2.95. The third kappa shape index (κ3) is 7.74. The summed E-state index contributed by atoms with van der Waals surface area (Å²) in [6.07, 6.45) is 0.832. The average Bonchev–Trinajstić information content (AvgIpc) is 2.74. The molecule has 2 aromatic carbocycles. The number of carbonyl (C=O) groups is 2. The summed E-state index contributed by atoms with van der Waals surface area (Å²) >= 11 is 13.9. The molecule has 0 bridgehead atoms. The van der Waals surface area contributed by atoms with Gasteiger partial charge in [0.2, 0.25) is 11.8 Å². The van der Waals surface area contributed by atoms with Crippen LogP contribution in [0.1, 0.15) is 43.9 Å². The van der Waals surface area contributed by atoms with Crippen LogP contribution >= 0.6 is 35.0 Å². The lowest BCUT2D eigenvalue weighted by molar-refractivity contribution is -0.138. The van der Waals surface area contributed by atoms with E-state index in [-0.39, 0.29) is 23.6 Å². The van der Waals surface area contributed by atoms with Crippen LogP contribution < -0.4 is 5.32 Å². The van der Waals surface area contributed by atoms with Crippen LogP contribution in [0, 0.1) is 6.92 Å². The zero-order valence-electron chi connectivity index (χ0n) is 18.5. The first-order valence-electron chi connectivity index (χ1n) is 10.4. The normalized spacial score (nSPS) is 12.8. The first-order chi connectivity index (χ1) is 14.7. The fourth-order valence-electron chi connectivity index (χ4n) is 2.93. The van der Waals surface area contributed by atoms with Crippen molar-refractivity contribution in [2.45, 2.75) is 58.5 Å². The maximum Gasteiger partial charge on any atom is 0.242 e. The van der Waals surface area contributed by atoms with Gasteiger partial charge in [0.25, 0.3) is 0 Å². The lowest BCUT2D eigenvalue weighted by Crippen LogP contribution is -2.50. The van der Waals surface area contributed by atoms with Crippen LogP contribution in [0.15, 0.2) is 42.5 Å². The number of carbonyl (C=O) groups excluding carboxylic acids is 2. The van der Waals surface area contributed by atoms with Crippen molar-refractivity contribution in [1.82, 2.24) is 10.2 Å². The van der Waals surface area contributed by atoms with Gasteiger partial charge in [0, 0.05) is 28.4 Å². The molecule has 0 spiro atoms. The van der Waals surface area contributed by atoms with E-state index >= 15 is 0 Å². The van der Waals surface area contributed by atoms with Gasteiger partial charge in [-0.1, -0.05) is 66.0 Å². The summed E-state index contributed by atoms with van der Waals surface area (Å²) in [6, 6.07) is 12.9. The number of rotatable bonds is 10. The number of amides is 2. The molecule has 2 amide bonds. The maximum absolute atomic E-state index is 13.1.